The number of rotatable bonds is 4. The van der Waals surface area contributed by atoms with Crippen molar-refractivity contribution in [1.82, 2.24) is 14.7 Å². The third kappa shape index (κ3) is 3.73. The van der Waals surface area contributed by atoms with Crippen LogP contribution < -0.4 is 10.5 Å². The van der Waals surface area contributed by atoms with E-state index in [4.69, 9.17) is 4.52 Å². The highest BCUT2D eigenvalue weighted by atomic mass is 16.5. The van der Waals surface area contributed by atoms with Crippen molar-refractivity contribution in [1.29, 1.82) is 0 Å². The van der Waals surface area contributed by atoms with Crippen molar-refractivity contribution in [3.63, 3.8) is 0 Å². The Labute approximate surface area is 184 Å². The topological polar surface area (TPSA) is 81.2 Å². The van der Waals surface area contributed by atoms with Crippen LogP contribution in [0.25, 0.3) is 22.8 Å². The number of aryl methyl sites for hydroxylation is 2. The van der Waals surface area contributed by atoms with E-state index in [1.54, 1.807) is 23.2 Å². The fourth-order valence-electron chi connectivity index (χ4n) is 4.00. The Morgan fingerprint density at radius 1 is 1.06 bits per heavy atom. The third-order valence-corrected chi connectivity index (χ3v) is 5.70. The van der Waals surface area contributed by atoms with Crippen LogP contribution in [0, 0.1) is 6.92 Å². The Morgan fingerprint density at radius 3 is 2.72 bits per heavy atom. The van der Waals surface area contributed by atoms with Crippen LogP contribution in [0.2, 0.25) is 0 Å². The summed E-state index contributed by atoms with van der Waals surface area (Å²) in [6.07, 6.45) is 3.47. The lowest BCUT2D eigenvalue weighted by Gasteiger charge is -2.29. The van der Waals surface area contributed by atoms with Crippen LogP contribution in [-0.2, 0) is 17.8 Å². The minimum Gasteiger partial charge on any atom is -0.333 e. The van der Waals surface area contributed by atoms with E-state index < -0.39 is 0 Å². The highest BCUT2D eigenvalue weighted by molar-refractivity contribution is 5.94. The van der Waals surface area contributed by atoms with E-state index >= 15 is 0 Å². The van der Waals surface area contributed by atoms with Crippen molar-refractivity contribution in [2.24, 2.45) is 0 Å². The van der Waals surface area contributed by atoms with Gasteiger partial charge in [0.05, 0.1) is 0 Å². The zero-order valence-corrected chi connectivity index (χ0v) is 17.7. The first-order valence-electron chi connectivity index (χ1n) is 10.6. The van der Waals surface area contributed by atoms with Crippen molar-refractivity contribution in [2.75, 3.05) is 11.4 Å². The second-order valence-electron chi connectivity index (χ2n) is 7.92. The standard InChI is InChI=1S/C25H22N4O3/c1-17-10-12-19(13-11-17)23-26-24(32-27-23)20-8-5-14-28(25(20)31)16-22(30)29-15-4-7-18-6-2-3-9-21(18)29/h2-3,5-6,8-14H,4,7,15-16H2,1H3. The van der Waals surface area contributed by atoms with Crippen LogP contribution in [-0.4, -0.2) is 27.2 Å². The van der Waals surface area contributed by atoms with Gasteiger partial charge in [-0.05, 0) is 43.5 Å². The van der Waals surface area contributed by atoms with Gasteiger partial charge in [0.2, 0.25) is 11.7 Å². The van der Waals surface area contributed by atoms with Gasteiger partial charge < -0.3 is 14.0 Å². The van der Waals surface area contributed by atoms with Crippen LogP contribution in [0.3, 0.4) is 0 Å². The Balaban J connectivity index is 1.41. The quantitative estimate of drug-likeness (QED) is 0.495. The second-order valence-corrected chi connectivity index (χ2v) is 7.92. The predicted molar refractivity (Wildman–Crippen MR) is 121 cm³/mol. The molecular formula is C25H22N4O3. The summed E-state index contributed by atoms with van der Waals surface area (Å²) in [7, 11) is 0. The number of carbonyl (C=O) groups is 1. The molecule has 1 aliphatic heterocycles. The molecular weight excluding hydrogens is 404 g/mol. The summed E-state index contributed by atoms with van der Waals surface area (Å²) < 4.78 is 6.76. The van der Waals surface area contributed by atoms with Crippen LogP contribution in [0.4, 0.5) is 5.69 Å². The number of amides is 1. The van der Waals surface area contributed by atoms with Gasteiger partial charge >= 0.3 is 0 Å². The van der Waals surface area contributed by atoms with E-state index in [1.165, 1.54) is 4.57 Å². The minimum atomic E-state index is -0.342. The van der Waals surface area contributed by atoms with Crippen LogP contribution in [0.5, 0.6) is 0 Å². The van der Waals surface area contributed by atoms with Gasteiger partial charge in [0.15, 0.2) is 0 Å². The number of nitrogens with zero attached hydrogens (tertiary/aromatic N) is 4. The zero-order valence-electron chi connectivity index (χ0n) is 17.7. The molecule has 0 aliphatic carbocycles. The average molecular weight is 426 g/mol. The van der Waals surface area contributed by atoms with Gasteiger partial charge in [-0.15, -0.1) is 0 Å². The van der Waals surface area contributed by atoms with Gasteiger partial charge in [-0.1, -0.05) is 53.2 Å². The van der Waals surface area contributed by atoms with E-state index in [2.05, 4.69) is 10.1 Å². The monoisotopic (exact) mass is 426 g/mol. The molecule has 0 N–H and O–H groups in total. The molecule has 0 radical (unpaired) electrons. The normalized spacial score (nSPS) is 13.1. The maximum Gasteiger partial charge on any atom is 0.263 e. The lowest BCUT2D eigenvalue weighted by Crippen LogP contribution is -2.39. The number of anilines is 1. The lowest BCUT2D eigenvalue weighted by atomic mass is 10.0. The number of aromatic nitrogens is 3. The Bertz CT molecular complexity index is 1340. The molecule has 0 unspecified atom stereocenters. The summed E-state index contributed by atoms with van der Waals surface area (Å²) in [6, 6.07) is 19.0. The number of para-hydroxylation sites is 1. The molecule has 7 heteroatoms. The Morgan fingerprint density at radius 2 is 1.88 bits per heavy atom. The summed E-state index contributed by atoms with van der Waals surface area (Å²) >= 11 is 0. The molecule has 32 heavy (non-hydrogen) atoms. The Hall–Kier alpha value is -4.00. The summed E-state index contributed by atoms with van der Waals surface area (Å²) in [5.41, 5.74) is 3.94. The van der Waals surface area contributed by atoms with Gasteiger partial charge in [0.1, 0.15) is 12.1 Å². The van der Waals surface area contributed by atoms with E-state index in [-0.39, 0.29) is 29.5 Å². The minimum absolute atomic E-state index is 0.0556. The van der Waals surface area contributed by atoms with Gasteiger partial charge in [0.25, 0.3) is 11.4 Å². The summed E-state index contributed by atoms with van der Waals surface area (Å²) in [5.74, 6) is 0.425. The number of fused-ring (bicyclic) bond motifs is 1. The number of pyridine rings is 1. The molecule has 0 bridgehead atoms. The van der Waals surface area contributed by atoms with Gasteiger partial charge in [-0.25, -0.2) is 0 Å². The molecule has 0 fully saturated rings. The van der Waals surface area contributed by atoms with E-state index in [0.717, 1.165) is 35.2 Å². The molecule has 4 aromatic rings. The van der Waals surface area contributed by atoms with Crippen molar-refractivity contribution >= 4 is 11.6 Å². The first-order chi connectivity index (χ1) is 15.6. The maximum atomic E-state index is 13.1. The summed E-state index contributed by atoms with van der Waals surface area (Å²) in [5, 5.41) is 4.01. The molecule has 7 nitrogen and oxygen atoms in total. The average Bonchev–Trinajstić information content (AvgIpc) is 3.30. The van der Waals surface area contributed by atoms with E-state index in [1.807, 2.05) is 55.5 Å². The largest absolute Gasteiger partial charge is 0.333 e. The SMILES string of the molecule is Cc1ccc(-c2noc(-c3cccn(CC(=O)N4CCCc5ccccc54)c3=O)n2)cc1. The number of hydrogen-bond donors (Lipinski definition) is 0. The summed E-state index contributed by atoms with van der Waals surface area (Å²) in [4.78, 5) is 32.3. The van der Waals surface area contributed by atoms with Crippen LogP contribution >= 0.6 is 0 Å². The molecule has 0 atom stereocenters. The fourth-order valence-corrected chi connectivity index (χ4v) is 4.00. The van der Waals surface area contributed by atoms with E-state index in [9.17, 15) is 9.59 Å². The van der Waals surface area contributed by atoms with Crippen molar-refractivity contribution < 1.29 is 9.32 Å². The molecule has 160 valence electrons. The number of benzene rings is 2. The number of carbonyl (C=O) groups excluding carboxylic acids is 1. The van der Waals surface area contributed by atoms with Crippen LogP contribution in [0.1, 0.15) is 17.5 Å². The van der Waals surface area contributed by atoms with Crippen molar-refractivity contribution in [3.05, 3.63) is 88.3 Å². The molecule has 0 spiro atoms. The molecule has 2 aromatic carbocycles. The van der Waals surface area contributed by atoms with Gasteiger partial charge in [-0.2, -0.15) is 4.98 Å². The maximum absolute atomic E-state index is 13.1. The molecule has 2 aromatic heterocycles. The van der Waals surface area contributed by atoms with Gasteiger partial charge in [-0.3, -0.25) is 9.59 Å². The van der Waals surface area contributed by atoms with Crippen molar-refractivity contribution in [2.45, 2.75) is 26.3 Å². The fraction of sp³-hybridized carbons (Fsp3) is 0.200. The Kier molecular flexibility index (Phi) is 5.15. The summed E-state index contributed by atoms with van der Waals surface area (Å²) in [6.45, 7) is 2.59. The second kappa shape index (κ2) is 8.26. The highest BCUT2D eigenvalue weighted by Crippen LogP contribution is 2.27. The molecule has 0 saturated carbocycles. The first kappa shape index (κ1) is 19.9. The number of hydrogen-bond acceptors (Lipinski definition) is 5. The van der Waals surface area contributed by atoms with Crippen LogP contribution in [0.15, 0.2) is 76.2 Å². The lowest BCUT2D eigenvalue weighted by molar-refractivity contribution is -0.119. The first-order valence-corrected chi connectivity index (χ1v) is 10.6. The molecule has 1 amide bonds. The molecule has 3 heterocycles. The predicted octanol–water partition coefficient (Wildman–Crippen LogP) is 3.85. The molecule has 1 aliphatic rings. The molecule has 5 rings (SSSR count). The smallest absolute Gasteiger partial charge is 0.263 e. The van der Waals surface area contributed by atoms with E-state index in [0.29, 0.717) is 12.4 Å². The van der Waals surface area contributed by atoms with Gasteiger partial charge in [0, 0.05) is 24.0 Å². The molecule has 0 saturated heterocycles. The highest BCUT2D eigenvalue weighted by Gasteiger charge is 2.23. The third-order valence-electron chi connectivity index (χ3n) is 5.70. The van der Waals surface area contributed by atoms with Crippen molar-refractivity contribution in [3.8, 4) is 22.8 Å². The zero-order chi connectivity index (χ0) is 22.1.